The van der Waals surface area contributed by atoms with Crippen LogP contribution in [0.15, 0.2) is 30.5 Å². The molecule has 1 aromatic carbocycles. The summed E-state index contributed by atoms with van der Waals surface area (Å²) in [4.78, 5) is 0.0960. The molecule has 0 aromatic heterocycles. The molecule has 3 heteroatoms. The second-order valence-electron chi connectivity index (χ2n) is 2.73. The fourth-order valence-electron chi connectivity index (χ4n) is 1.28. The van der Waals surface area contributed by atoms with E-state index in [2.05, 4.69) is 28.1 Å². The molecule has 0 fully saturated rings. The molecule has 0 saturated heterocycles. The van der Waals surface area contributed by atoms with E-state index in [1.807, 2.05) is 24.4 Å². The van der Waals surface area contributed by atoms with Crippen LogP contribution < -0.4 is 5.84 Å². The maximum Gasteiger partial charge on any atom is 0.125 e. The van der Waals surface area contributed by atoms with Gasteiger partial charge in [0.2, 0.25) is 0 Å². The molecule has 0 aliphatic carbocycles. The standard InChI is InChI=1S/C9H9BrN2/c10-9-8-4-2-1-3-7(8)5-6-12(9)11/h1-6,9H,11H2. The van der Waals surface area contributed by atoms with Gasteiger partial charge < -0.3 is 5.01 Å². The van der Waals surface area contributed by atoms with E-state index < -0.39 is 0 Å². The average molecular weight is 225 g/mol. The van der Waals surface area contributed by atoms with Gasteiger partial charge in [-0.05, 0) is 17.2 Å². The van der Waals surface area contributed by atoms with Crippen molar-refractivity contribution in [3.63, 3.8) is 0 Å². The van der Waals surface area contributed by atoms with Gasteiger partial charge in [0.1, 0.15) is 4.95 Å². The second-order valence-corrected chi connectivity index (χ2v) is 3.60. The van der Waals surface area contributed by atoms with Gasteiger partial charge in [0, 0.05) is 6.20 Å². The lowest BCUT2D eigenvalue weighted by atomic mass is 10.1. The number of hydrogen-bond donors (Lipinski definition) is 1. The zero-order valence-electron chi connectivity index (χ0n) is 6.44. The van der Waals surface area contributed by atoms with Crippen LogP contribution in [0.3, 0.4) is 0 Å². The van der Waals surface area contributed by atoms with Gasteiger partial charge in [-0.15, -0.1) is 0 Å². The van der Waals surface area contributed by atoms with Crippen molar-refractivity contribution in [3.8, 4) is 0 Å². The first-order chi connectivity index (χ1) is 5.79. The number of halogens is 1. The normalized spacial score (nSPS) is 20.8. The van der Waals surface area contributed by atoms with Crippen LogP contribution >= 0.6 is 15.9 Å². The van der Waals surface area contributed by atoms with Crippen molar-refractivity contribution >= 4 is 22.0 Å². The molecule has 2 N–H and O–H groups in total. The summed E-state index contributed by atoms with van der Waals surface area (Å²) in [5.74, 6) is 5.69. The summed E-state index contributed by atoms with van der Waals surface area (Å²) in [7, 11) is 0. The Labute approximate surface area is 79.8 Å². The number of nitrogens with zero attached hydrogens (tertiary/aromatic N) is 1. The molecule has 1 heterocycles. The average Bonchev–Trinajstić information content (AvgIpc) is 2.12. The molecule has 1 atom stereocenters. The third kappa shape index (κ3) is 1.15. The Balaban J connectivity index is 2.52. The number of fused-ring (bicyclic) bond motifs is 1. The topological polar surface area (TPSA) is 29.3 Å². The Bertz CT molecular complexity index is 322. The number of alkyl halides is 1. The van der Waals surface area contributed by atoms with Crippen LogP contribution in [0.5, 0.6) is 0 Å². The highest BCUT2D eigenvalue weighted by molar-refractivity contribution is 9.09. The van der Waals surface area contributed by atoms with E-state index in [4.69, 9.17) is 5.84 Å². The highest BCUT2D eigenvalue weighted by Gasteiger charge is 2.16. The molecule has 1 unspecified atom stereocenters. The summed E-state index contributed by atoms with van der Waals surface area (Å²) in [6, 6.07) is 8.18. The number of hydrazine groups is 1. The summed E-state index contributed by atoms with van der Waals surface area (Å²) in [6.07, 6.45) is 3.87. The molecule has 0 saturated carbocycles. The van der Waals surface area contributed by atoms with Gasteiger partial charge >= 0.3 is 0 Å². The molecule has 2 rings (SSSR count). The van der Waals surface area contributed by atoms with Crippen LogP contribution in [0, 0.1) is 0 Å². The quantitative estimate of drug-likeness (QED) is 0.416. The zero-order chi connectivity index (χ0) is 8.55. The molecular formula is C9H9BrN2. The minimum atomic E-state index is 0.0960. The number of rotatable bonds is 0. The minimum absolute atomic E-state index is 0.0960. The Morgan fingerprint density at radius 3 is 2.92 bits per heavy atom. The predicted octanol–water partition coefficient (Wildman–Crippen LogP) is 2.24. The maximum absolute atomic E-state index is 5.69. The highest BCUT2D eigenvalue weighted by atomic mass is 79.9. The molecular weight excluding hydrogens is 216 g/mol. The first-order valence-electron chi connectivity index (χ1n) is 3.73. The summed E-state index contributed by atoms with van der Waals surface area (Å²) < 4.78 is 0. The van der Waals surface area contributed by atoms with Crippen molar-refractivity contribution in [1.82, 2.24) is 5.01 Å². The molecule has 0 spiro atoms. The van der Waals surface area contributed by atoms with Crippen LogP contribution in [0.1, 0.15) is 16.1 Å². The molecule has 0 radical (unpaired) electrons. The van der Waals surface area contributed by atoms with Gasteiger partial charge in [-0.1, -0.05) is 40.2 Å². The van der Waals surface area contributed by atoms with Crippen molar-refractivity contribution in [2.45, 2.75) is 4.95 Å². The second kappa shape index (κ2) is 2.92. The van der Waals surface area contributed by atoms with Crippen molar-refractivity contribution < 1.29 is 0 Å². The van der Waals surface area contributed by atoms with Crippen LogP contribution in [0.4, 0.5) is 0 Å². The molecule has 2 nitrogen and oxygen atoms in total. The number of nitrogens with two attached hydrogens (primary N) is 1. The molecule has 1 aliphatic rings. The first kappa shape index (κ1) is 7.83. The van der Waals surface area contributed by atoms with Crippen molar-refractivity contribution in [2.24, 2.45) is 5.84 Å². The zero-order valence-corrected chi connectivity index (χ0v) is 8.03. The molecule has 1 aliphatic heterocycles. The highest BCUT2D eigenvalue weighted by Crippen LogP contribution is 2.31. The summed E-state index contributed by atoms with van der Waals surface area (Å²) in [5.41, 5.74) is 2.43. The van der Waals surface area contributed by atoms with Crippen LogP contribution in [0.2, 0.25) is 0 Å². The Morgan fingerprint density at radius 2 is 2.08 bits per heavy atom. The van der Waals surface area contributed by atoms with Gasteiger partial charge in [0.25, 0.3) is 0 Å². The predicted molar refractivity (Wildman–Crippen MR) is 53.2 cm³/mol. The Hall–Kier alpha value is -0.800. The largest absolute Gasteiger partial charge is 0.300 e. The fraction of sp³-hybridized carbons (Fsp3) is 0.111. The Kier molecular flexibility index (Phi) is 1.90. The summed E-state index contributed by atoms with van der Waals surface area (Å²) >= 11 is 3.50. The van der Waals surface area contributed by atoms with E-state index in [9.17, 15) is 0 Å². The lowest BCUT2D eigenvalue weighted by molar-refractivity contribution is 0.380. The lowest BCUT2D eigenvalue weighted by Gasteiger charge is -2.26. The molecule has 1 aromatic rings. The van der Waals surface area contributed by atoms with Crippen LogP contribution in [-0.2, 0) is 0 Å². The number of hydrogen-bond acceptors (Lipinski definition) is 2. The van der Waals surface area contributed by atoms with Gasteiger partial charge in [0.05, 0.1) is 0 Å². The van der Waals surface area contributed by atoms with E-state index in [0.717, 1.165) is 0 Å². The SMILES string of the molecule is NN1C=Cc2ccccc2C1Br. The van der Waals surface area contributed by atoms with Gasteiger partial charge in [-0.2, -0.15) is 0 Å². The van der Waals surface area contributed by atoms with Gasteiger partial charge in [0.15, 0.2) is 0 Å². The van der Waals surface area contributed by atoms with E-state index in [1.54, 1.807) is 5.01 Å². The van der Waals surface area contributed by atoms with E-state index >= 15 is 0 Å². The van der Waals surface area contributed by atoms with E-state index in [-0.39, 0.29) is 4.95 Å². The Morgan fingerprint density at radius 1 is 1.33 bits per heavy atom. The molecule has 62 valence electrons. The van der Waals surface area contributed by atoms with E-state index in [0.29, 0.717) is 0 Å². The van der Waals surface area contributed by atoms with E-state index in [1.165, 1.54) is 11.1 Å². The van der Waals surface area contributed by atoms with Crippen molar-refractivity contribution in [2.75, 3.05) is 0 Å². The van der Waals surface area contributed by atoms with Gasteiger partial charge in [-0.3, -0.25) is 0 Å². The summed E-state index contributed by atoms with van der Waals surface area (Å²) in [6.45, 7) is 0. The van der Waals surface area contributed by atoms with Crippen molar-refractivity contribution in [1.29, 1.82) is 0 Å². The smallest absolute Gasteiger partial charge is 0.125 e. The fourth-order valence-corrected chi connectivity index (χ4v) is 1.84. The minimum Gasteiger partial charge on any atom is -0.300 e. The lowest BCUT2D eigenvalue weighted by Crippen LogP contribution is -2.28. The van der Waals surface area contributed by atoms with Crippen LogP contribution in [-0.4, -0.2) is 5.01 Å². The maximum atomic E-state index is 5.69. The third-order valence-corrected chi connectivity index (χ3v) is 2.91. The van der Waals surface area contributed by atoms with Crippen molar-refractivity contribution in [3.05, 3.63) is 41.6 Å². The summed E-state index contributed by atoms with van der Waals surface area (Å²) in [5, 5.41) is 1.64. The first-order valence-corrected chi connectivity index (χ1v) is 4.65. The molecule has 0 bridgehead atoms. The number of benzene rings is 1. The van der Waals surface area contributed by atoms with Gasteiger partial charge in [-0.25, -0.2) is 5.84 Å². The molecule has 12 heavy (non-hydrogen) atoms. The molecule has 0 amide bonds. The third-order valence-electron chi connectivity index (χ3n) is 1.94. The monoisotopic (exact) mass is 224 g/mol. The van der Waals surface area contributed by atoms with Crippen LogP contribution in [0.25, 0.3) is 6.08 Å².